The minimum Gasteiger partial charge on any atom is -0.399 e. The Morgan fingerprint density at radius 2 is 1.30 bits per heavy atom. The molecule has 1 rings (SSSR count). The summed E-state index contributed by atoms with van der Waals surface area (Å²) in [7, 11) is 0. The highest BCUT2D eigenvalue weighted by molar-refractivity contribution is 5.58. The maximum Gasteiger partial charge on any atom is 0.0370 e. The second kappa shape index (κ2) is 9.85. The molecule has 2 heteroatoms. The van der Waals surface area contributed by atoms with Crippen molar-refractivity contribution >= 4 is 11.4 Å². The van der Waals surface area contributed by atoms with Gasteiger partial charge in [0, 0.05) is 24.5 Å². The van der Waals surface area contributed by atoms with Crippen LogP contribution in [0.2, 0.25) is 0 Å². The van der Waals surface area contributed by atoms with Gasteiger partial charge in [-0.1, -0.05) is 55.4 Å². The van der Waals surface area contributed by atoms with Crippen molar-refractivity contribution in [3.63, 3.8) is 0 Å². The Kier molecular flexibility index (Phi) is 8.70. The number of anilines is 2. The lowest BCUT2D eigenvalue weighted by atomic mass is 9.83. The lowest BCUT2D eigenvalue weighted by Crippen LogP contribution is -2.29. The molecule has 27 heavy (non-hydrogen) atoms. The fourth-order valence-corrected chi connectivity index (χ4v) is 4.27. The van der Waals surface area contributed by atoms with Crippen LogP contribution in [0.25, 0.3) is 0 Å². The number of nitrogens with two attached hydrogens (primary N) is 1. The summed E-state index contributed by atoms with van der Waals surface area (Å²) in [4.78, 5) is 2.59. The summed E-state index contributed by atoms with van der Waals surface area (Å²) in [6, 6.07) is 6.53. The van der Waals surface area contributed by atoms with Gasteiger partial charge in [0.25, 0.3) is 0 Å². The zero-order chi connectivity index (χ0) is 20.8. The van der Waals surface area contributed by atoms with E-state index >= 15 is 0 Å². The highest BCUT2D eigenvalue weighted by atomic mass is 15.1. The molecule has 0 aliphatic heterocycles. The van der Waals surface area contributed by atoms with Gasteiger partial charge in [-0.05, 0) is 79.0 Å². The van der Waals surface area contributed by atoms with E-state index in [4.69, 9.17) is 5.73 Å². The van der Waals surface area contributed by atoms with Crippen molar-refractivity contribution in [3.8, 4) is 0 Å². The molecule has 0 saturated carbocycles. The first kappa shape index (κ1) is 23.9. The van der Waals surface area contributed by atoms with Gasteiger partial charge in [0.05, 0.1) is 0 Å². The minimum atomic E-state index is 0.406. The Labute approximate surface area is 169 Å². The van der Waals surface area contributed by atoms with Gasteiger partial charge < -0.3 is 10.6 Å². The average Bonchev–Trinajstić information content (AvgIpc) is 2.46. The van der Waals surface area contributed by atoms with Crippen LogP contribution in [-0.2, 0) is 0 Å². The molecule has 1 aromatic rings. The molecule has 0 aliphatic rings. The van der Waals surface area contributed by atoms with Crippen molar-refractivity contribution in [3.05, 3.63) is 23.8 Å². The summed E-state index contributed by atoms with van der Waals surface area (Å²) in [5, 5.41) is 0. The van der Waals surface area contributed by atoms with Crippen LogP contribution in [0.3, 0.4) is 0 Å². The van der Waals surface area contributed by atoms with E-state index in [2.05, 4.69) is 85.4 Å². The van der Waals surface area contributed by atoms with Gasteiger partial charge >= 0.3 is 0 Å². The first-order valence-corrected chi connectivity index (χ1v) is 10.9. The summed E-state index contributed by atoms with van der Waals surface area (Å²) < 4.78 is 0. The molecule has 0 heterocycles. The zero-order valence-corrected chi connectivity index (χ0v) is 19.7. The first-order valence-electron chi connectivity index (χ1n) is 10.9. The number of rotatable bonds is 9. The van der Waals surface area contributed by atoms with E-state index in [1.807, 2.05) is 0 Å². The molecule has 0 fully saturated rings. The molecule has 0 aromatic heterocycles. The Bertz CT molecular complexity index is 537. The molecule has 0 bridgehead atoms. The molecule has 0 saturated heterocycles. The maximum absolute atomic E-state index is 6.05. The predicted octanol–water partition coefficient (Wildman–Crippen LogP) is 7.31. The topological polar surface area (TPSA) is 29.3 Å². The van der Waals surface area contributed by atoms with Crippen LogP contribution in [0.4, 0.5) is 11.4 Å². The Balaban J connectivity index is 2.78. The molecule has 2 unspecified atom stereocenters. The highest BCUT2D eigenvalue weighted by Crippen LogP contribution is 2.29. The molecule has 1 aromatic carbocycles. The summed E-state index contributed by atoms with van der Waals surface area (Å²) in [6.45, 7) is 23.2. The van der Waals surface area contributed by atoms with Crippen LogP contribution in [0, 0.1) is 29.6 Å². The average molecular weight is 375 g/mol. The normalized spacial score (nSPS) is 14.9. The third-order valence-electron chi connectivity index (χ3n) is 5.32. The van der Waals surface area contributed by atoms with E-state index in [1.54, 1.807) is 0 Å². The van der Waals surface area contributed by atoms with E-state index in [0.717, 1.165) is 30.6 Å². The SMILES string of the molecule is Cc1cc(N(CCC(C)CC(C)(C)C)CCC(C)CC(C)(C)C)ccc1N. The van der Waals surface area contributed by atoms with Crippen LogP contribution in [0.1, 0.15) is 86.6 Å². The quantitative estimate of drug-likeness (QED) is 0.459. The van der Waals surface area contributed by atoms with Gasteiger partial charge in [-0.2, -0.15) is 0 Å². The van der Waals surface area contributed by atoms with Crippen LogP contribution >= 0.6 is 0 Å². The summed E-state index contributed by atoms with van der Waals surface area (Å²) in [5.74, 6) is 1.49. The summed E-state index contributed by atoms with van der Waals surface area (Å²) in [5.41, 5.74) is 10.3. The number of nitrogens with zero attached hydrogens (tertiary/aromatic N) is 1. The minimum absolute atomic E-state index is 0.406. The monoisotopic (exact) mass is 374 g/mol. The van der Waals surface area contributed by atoms with Crippen molar-refractivity contribution in [2.75, 3.05) is 23.7 Å². The molecule has 2 N–H and O–H groups in total. The molecular formula is C25H46N2. The lowest BCUT2D eigenvalue weighted by molar-refractivity contribution is 0.291. The van der Waals surface area contributed by atoms with Gasteiger partial charge in [0.15, 0.2) is 0 Å². The molecular weight excluding hydrogens is 328 g/mol. The largest absolute Gasteiger partial charge is 0.399 e. The van der Waals surface area contributed by atoms with Crippen LogP contribution in [0.5, 0.6) is 0 Å². The maximum atomic E-state index is 6.05. The van der Waals surface area contributed by atoms with Crippen molar-refractivity contribution in [2.24, 2.45) is 22.7 Å². The lowest BCUT2D eigenvalue weighted by Gasteiger charge is -2.31. The number of nitrogen functional groups attached to an aromatic ring is 1. The Morgan fingerprint density at radius 1 is 0.852 bits per heavy atom. The molecule has 0 aliphatic carbocycles. The fourth-order valence-electron chi connectivity index (χ4n) is 4.27. The van der Waals surface area contributed by atoms with Crippen molar-refractivity contribution < 1.29 is 0 Å². The van der Waals surface area contributed by atoms with E-state index in [1.165, 1.54) is 36.9 Å². The van der Waals surface area contributed by atoms with E-state index in [-0.39, 0.29) is 0 Å². The number of hydrogen-bond acceptors (Lipinski definition) is 2. The van der Waals surface area contributed by atoms with Gasteiger partial charge in [-0.3, -0.25) is 0 Å². The van der Waals surface area contributed by atoms with E-state index in [0.29, 0.717) is 10.8 Å². The molecule has 0 amide bonds. The van der Waals surface area contributed by atoms with Crippen LogP contribution in [0.15, 0.2) is 18.2 Å². The molecule has 2 nitrogen and oxygen atoms in total. The smallest absolute Gasteiger partial charge is 0.0370 e. The Hall–Kier alpha value is -1.18. The van der Waals surface area contributed by atoms with Crippen LogP contribution in [-0.4, -0.2) is 13.1 Å². The highest BCUT2D eigenvalue weighted by Gasteiger charge is 2.19. The van der Waals surface area contributed by atoms with Crippen molar-refractivity contribution in [1.29, 1.82) is 0 Å². The third-order valence-corrected chi connectivity index (χ3v) is 5.32. The van der Waals surface area contributed by atoms with Gasteiger partial charge in [0.1, 0.15) is 0 Å². The third kappa shape index (κ3) is 10.1. The molecule has 156 valence electrons. The second-order valence-corrected chi connectivity index (χ2v) is 11.3. The number of hydrogen-bond donors (Lipinski definition) is 1. The standard InChI is InChI=1S/C25H46N2/c1-19(17-24(4,5)6)12-14-27(15-13-20(2)18-25(7,8)9)22-10-11-23(26)21(3)16-22/h10-11,16,19-20H,12-15,17-18,26H2,1-9H3. The van der Waals surface area contributed by atoms with E-state index in [9.17, 15) is 0 Å². The van der Waals surface area contributed by atoms with Gasteiger partial charge in [-0.15, -0.1) is 0 Å². The molecule has 0 spiro atoms. The first-order chi connectivity index (χ1) is 12.3. The zero-order valence-electron chi connectivity index (χ0n) is 19.7. The number of benzene rings is 1. The van der Waals surface area contributed by atoms with Crippen LogP contribution < -0.4 is 10.6 Å². The fraction of sp³-hybridized carbons (Fsp3) is 0.760. The number of aryl methyl sites for hydroxylation is 1. The van der Waals surface area contributed by atoms with Crippen molar-refractivity contribution in [2.45, 2.75) is 88.0 Å². The summed E-state index contributed by atoms with van der Waals surface area (Å²) >= 11 is 0. The summed E-state index contributed by atoms with van der Waals surface area (Å²) in [6.07, 6.45) is 5.05. The van der Waals surface area contributed by atoms with Gasteiger partial charge in [0.2, 0.25) is 0 Å². The molecule has 0 radical (unpaired) electrons. The molecule has 2 atom stereocenters. The second-order valence-electron chi connectivity index (χ2n) is 11.3. The predicted molar refractivity (Wildman–Crippen MR) is 124 cm³/mol. The Morgan fingerprint density at radius 3 is 1.67 bits per heavy atom. The van der Waals surface area contributed by atoms with Gasteiger partial charge in [-0.25, -0.2) is 0 Å². The van der Waals surface area contributed by atoms with Crippen molar-refractivity contribution in [1.82, 2.24) is 0 Å². The van der Waals surface area contributed by atoms with E-state index < -0.39 is 0 Å².